The number of anilines is 1. The van der Waals surface area contributed by atoms with E-state index in [1.165, 1.54) is 12.1 Å². The average Bonchev–Trinajstić information content (AvgIpc) is 2.98. The van der Waals surface area contributed by atoms with E-state index in [0.717, 1.165) is 30.1 Å². The number of amides is 2. The third-order valence-corrected chi connectivity index (χ3v) is 7.53. The van der Waals surface area contributed by atoms with Crippen LogP contribution < -0.4 is 10.6 Å². The van der Waals surface area contributed by atoms with Crippen molar-refractivity contribution in [2.75, 3.05) is 24.5 Å². The summed E-state index contributed by atoms with van der Waals surface area (Å²) in [5.41, 5.74) is -1.68. The highest BCUT2D eigenvalue weighted by molar-refractivity contribution is 6.32. The first-order valence-corrected chi connectivity index (χ1v) is 12.0. The molecule has 2 amide bonds. The maximum atomic E-state index is 15.0. The minimum atomic E-state index is -5.10. The molecular formula is C25H27Cl2F4N3O3. The summed E-state index contributed by atoms with van der Waals surface area (Å²) in [4.78, 5) is 28.8. The van der Waals surface area contributed by atoms with Crippen LogP contribution >= 0.6 is 24.0 Å². The molecular weight excluding hydrogens is 537 g/mol. The van der Waals surface area contributed by atoms with Gasteiger partial charge in [-0.1, -0.05) is 31.5 Å². The van der Waals surface area contributed by atoms with Crippen LogP contribution in [0.5, 0.6) is 0 Å². The molecule has 2 aromatic carbocycles. The van der Waals surface area contributed by atoms with Crippen molar-refractivity contribution >= 4 is 41.5 Å². The third-order valence-electron chi connectivity index (χ3n) is 7.22. The molecule has 4 rings (SSSR count). The summed E-state index contributed by atoms with van der Waals surface area (Å²) >= 11 is 6.13. The zero-order chi connectivity index (χ0) is 26.6. The molecule has 37 heavy (non-hydrogen) atoms. The molecule has 1 aliphatic carbocycles. The number of aliphatic hydroxyl groups is 1. The van der Waals surface area contributed by atoms with Crippen molar-refractivity contribution in [2.45, 2.75) is 44.5 Å². The van der Waals surface area contributed by atoms with Gasteiger partial charge >= 0.3 is 6.18 Å². The molecule has 1 saturated carbocycles. The molecule has 0 radical (unpaired) electrons. The molecule has 1 aliphatic heterocycles. The number of rotatable bonds is 7. The van der Waals surface area contributed by atoms with E-state index in [1.807, 2.05) is 13.8 Å². The summed E-state index contributed by atoms with van der Waals surface area (Å²) in [5.74, 6) is -3.51. The molecule has 1 heterocycles. The molecule has 0 aromatic heterocycles. The van der Waals surface area contributed by atoms with E-state index in [2.05, 4.69) is 4.90 Å². The number of carbonyl (C=O) groups excluding carboxylic acids is 2. The zero-order valence-electron chi connectivity index (χ0n) is 20.1. The van der Waals surface area contributed by atoms with Gasteiger partial charge < -0.3 is 20.6 Å². The van der Waals surface area contributed by atoms with Gasteiger partial charge in [0, 0.05) is 23.7 Å². The summed E-state index contributed by atoms with van der Waals surface area (Å²) in [5, 5.41) is 11.3. The number of primary amides is 1. The summed E-state index contributed by atoms with van der Waals surface area (Å²) in [6.07, 6.45) is -3.70. The highest BCUT2D eigenvalue weighted by atomic mass is 35.5. The van der Waals surface area contributed by atoms with E-state index in [4.69, 9.17) is 17.3 Å². The molecule has 202 valence electrons. The first kappa shape index (κ1) is 29.2. The number of hydrogen-bond acceptors (Lipinski definition) is 4. The van der Waals surface area contributed by atoms with Crippen LogP contribution in [-0.2, 0) is 16.6 Å². The first-order chi connectivity index (χ1) is 16.8. The number of hydrogen-bond donors (Lipinski definition) is 2. The number of nitrogens with two attached hydrogens (primary N) is 1. The normalized spacial score (nSPS) is 23.1. The topological polar surface area (TPSA) is 86.9 Å². The number of nitrogens with zero attached hydrogens (tertiary/aromatic N) is 2. The summed E-state index contributed by atoms with van der Waals surface area (Å²) in [7, 11) is 0. The van der Waals surface area contributed by atoms with E-state index in [-0.39, 0.29) is 36.6 Å². The van der Waals surface area contributed by atoms with E-state index >= 15 is 0 Å². The highest BCUT2D eigenvalue weighted by Crippen LogP contribution is 2.53. The molecule has 12 heteroatoms. The molecule has 1 unspecified atom stereocenters. The molecule has 2 aromatic rings. The van der Waals surface area contributed by atoms with E-state index in [9.17, 15) is 32.3 Å². The van der Waals surface area contributed by atoms with Gasteiger partial charge in [0.1, 0.15) is 5.82 Å². The van der Waals surface area contributed by atoms with Crippen LogP contribution in [0.2, 0.25) is 5.02 Å². The lowest BCUT2D eigenvalue weighted by molar-refractivity contribution is -0.142. The van der Waals surface area contributed by atoms with Gasteiger partial charge in [-0.05, 0) is 56.1 Å². The Morgan fingerprint density at radius 3 is 2.35 bits per heavy atom. The lowest BCUT2D eigenvalue weighted by atomic mass is 9.78. The SMILES string of the molecule is CCN(CC)[C@H]1C[C@H](CN2C(=O)C(O)(c3c(F)cccc3Cl)c3c2cc(C(N)=O)cc3C(F)(F)F)C1.Cl. The first-order valence-electron chi connectivity index (χ1n) is 11.6. The minimum absolute atomic E-state index is 0. The summed E-state index contributed by atoms with van der Waals surface area (Å²) in [6, 6.07) is 5.07. The number of benzene rings is 2. The number of fused-ring (bicyclic) bond motifs is 1. The lowest BCUT2D eigenvalue weighted by Gasteiger charge is -2.43. The molecule has 1 atom stereocenters. The fourth-order valence-corrected chi connectivity index (χ4v) is 5.70. The zero-order valence-corrected chi connectivity index (χ0v) is 21.7. The Morgan fingerprint density at radius 2 is 1.84 bits per heavy atom. The molecule has 0 spiro atoms. The van der Waals surface area contributed by atoms with Gasteiger partial charge in [-0.15, -0.1) is 12.4 Å². The predicted molar refractivity (Wildman–Crippen MR) is 133 cm³/mol. The largest absolute Gasteiger partial charge is 0.416 e. The van der Waals surface area contributed by atoms with Crippen LogP contribution in [0, 0.1) is 11.7 Å². The average molecular weight is 564 g/mol. The van der Waals surface area contributed by atoms with Gasteiger partial charge in [0.15, 0.2) is 0 Å². The van der Waals surface area contributed by atoms with Crippen LogP contribution in [0.1, 0.15) is 53.7 Å². The van der Waals surface area contributed by atoms with Gasteiger partial charge in [0.2, 0.25) is 11.5 Å². The molecule has 6 nitrogen and oxygen atoms in total. The van der Waals surface area contributed by atoms with Crippen molar-refractivity contribution in [3.63, 3.8) is 0 Å². The van der Waals surface area contributed by atoms with Gasteiger partial charge in [0.05, 0.1) is 21.8 Å². The van der Waals surface area contributed by atoms with Crippen LogP contribution in [0.25, 0.3) is 0 Å². The Hall–Kier alpha value is -2.40. The molecule has 3 N–H and O–H groups in total. The van der Waals surface area contributed by atoms with Crippen LogP contribution in [0.15, 0.2) is 30.3 Å². The second-order valence-corrected chi connectivity index (χ2v) is 9.62. The Labute approximate surface area is 222 Å². The maximum absolute atomic E-state index is 15.0. The quantitative estimate of drug-likeness (QED) is 0.477. The van der Waals surface area contributed by atoms with Gasteiger partial charge in [-0.25, -0.2) is 4.39 Å². The van der Waals surface area contributed by atoms with Gasteiger partial charge in [-0.2, -0.15) is 13.2 Å². The Morgan fingerprint density at radius 1 is 1.22 bits per heavy atom. The minimum Gasteiger partial charge on any atom is -0.372 e. The van der Waals surface area contributed by atoms with Gasteiger partial charge in [0.25, 0.3) is 5.91 Å². The van der Waals surface area contributed by atoms with Gasteiger partial charge in [-0.3, -0.25) is 9.59 Å². The maximum Gasteiger partial charge on any atom is 0.416 e. The van der Waals surface area contributed by atoms with Crippen LogP contribution in [-0.4, -0.2) is 47.5 Å². The highest BCUT2D eigenvalue weighted by Gasteiger charge is 2.58. The Balaban J connectivity index is 0.00000380. The Bertz CT molecular complexity index is 1200. The molecule has 0 saturated heterocycles. The van der Waals surface area contributed by atoms with E-state index in [1.54, 1.807) is 0 Å². The third kappa shape index (κ3) is 4.80. The van der Waals surface area contributed by atoms with Crippen molar-refractivity contribution in [1.29, 1.82) is 0 Å². The van der Waals surface area contributed by atoms with Crippen molar-refractivity contribution < 1.29 is 32.3 Å². The second kappa shape index (κ2) is 10.4. The number of halogens is 6. The lowest BCUT2D eigenvalue weighted by Crippen LogP contribution is -2.50. The standard InChI is InChI=1S/C25H26ClF4N3O3.ClH/c1-3-32(4-2)15-8-13(9-15)12-33-19-11-14(22(31)34)10-16(25(28,29)30)20(19)24(36,23(33)35)21-17(26)6-5-7-18(21)27;/h5-7,10-11,13,15,36H,3-4,8-9,12H2,1-2H3,(H2,31,34);1H/t13-,15-,24?;. The smallest absolute Gasteiger partial charge is 0.372 e. The van der Waals surface area contributed by atoms with Crippen LogP contribution in [0.3, 0.4) is 0 Å². The monoisotopic (exact) mass is 563 g/mol. The van der Waals surface area contributed by atoms with E-state index < -0.39 is 56.7 Å². The molecule has 2 aliphatic rings. The van der Waals surface area contributed by atoms with Crippen molar-refractivity contribution in [2.24, 2.45) is 11.7 Å². The molecule has 1 fully saturated rings. The number of carbonyl (C=O) groups is 2. The molecule has 0 bridgehead atoms. The van der Waals surface area contributed by atoms with Crippen LogP contribution in [0.4, 0.5) is 23.2 Å². The fraction of sp³-hybridized carbons (Fsp3) is 0.440. The second-order valence-electron chi connectivity index (χ2n) is 9.22. The van der Waals surface area contributed by atoms with Crippen molar-refractivity contribution in [1.82, 2.24) is 4.90 Å². The Kier molecular flexibility index (Phi) is 8.20. The summed E-state index contributed by atoms with van der Waals surface area (Å²) in [6.45, 7) is 5.71. The van der Waals surface area contributed by atoms with Crippen molar-refractivity contribution in [3.05, 3.63) is 63.4 Å². The predicted octanol–water partition coefficient (Wildman–Crippen LogP) is 4.72. The summed E-state index contributed by atoms with van der Waals surface area (Å²) < 4.78 is 57.7. The fourth-order valence-electron chi connectivity index (χ4n) is 5.40. The van der Waals surface area contributed by atoms with E-state index in [0.29, 0.717) is 18.9 Å². The number of alkyl halides is 3. The van der Waals surface area contributed by atoms with Crippen molar-refractivity contribution in [3.8, 4) is 0 Å².